The number of rotatable bonds is 5. The molecular weight excluding hydrogens is 537 g/mol. The van der Waals surface area contributed by atoms with Crippen LogP contribution in [0, 0.1) is 0 Å². The minimum Gasteiger partial charge on any atom is -0.367 e. The minimum absolute atomic E-state index is 0.129. The maximum atomic E-state index is 12.8. The number of carbonyl (C=O) groups excluding carboxylic acids is 1. The van der Waals surface area contributed by atoms with Crippen molar-refractivity contribution in [2.75, 3.05) is 18.4 Å². The number of likely N-dealkylation sites (tertiary alicyclic amines) is 1. The Morgan fingerprint density at radius 3 is 2.65 bits per heavy atom. The van der Waals surface area contributed by atoms with Gasteiger partial charge in [-0.25, -0.2) is 4.98 Å². The average molecular weight is 559 g/mol. The number of halogens is 3. The number of hydrogen-bond donors (Lipinski definition) is 1. The smallest absolute Gasteiger partial charge is 0.226 e. The molecule has 1 N–H and O–H groups in total. The van der Waals surface area contributed by atoms with E-state index in [9.17, 15) is 4.79 Å². The van der Waals surface area contributed by atoms with Crippen molar-refractivity contribution in [3.05, 3.63) is 80.9 Å². The van der Waals surface area contributed by atoms with Crippen LogP contribution in [-0.2, 0) is 11.2 Å². The lowest BCUT2D eigenvalue weighted by molar-refractivity contribution is -0.131. The van der Waals surface area contributed by atoms with E-state index in [1.807, 2.05) is 59.5 Å². The van der Waals surface area contributed by atoms with E-state index in [4.69, 9.17) is 28.2 Å². The maximum absolute atomic E-state index is 12.8. The monoisotopic (exact) mass is 557 g/mol. The Morgan fingerprint density at radius 1 is 1.09 bits per heavy atom. The molecule has 4 aromatic rings. The van der Waals surface area contributed by atoms with Gasteiger partial charge in [-0.1, -0.05) is 53.5 Å². The van der Waals surface area contributed by atoms with Crippen molar-refractivity contribution in [3.8, 4) is 11.3 Å². The van der Waals surface area contributed by atoms with Crippen LogP contribution in [0.4, 0.5) is 5.82 Å². The lowest BCUT2D eigenvalue weighted by Gasteiger charge is -2.33. The summed E-state index contributed by atoms with van der Waals surface area (Å²) in [6.07, 6.45) is 3.79. The number of piperidine rings is 1. The van der Waals surface area contributed by atoms with Crippen LogP contribution in [0.15, 0.2) is 65.3 Å². The average Bonchev–Trinajstić information content (AvgIpc) is 3.21. The van der Waals surface area contributed by atoms with E-state index in [1.54, 1.807) is 10.7 Å². The molecule has 0 unspecified atom stereocenters. The summed E-state index contributed by atoms with van der Waals surface area (Å²) in [5, 5.41) is 9.40. The maximum Gasteiger partial charge on any atom is 0.226 e. The van der Waals surface area contributed by atoms with Crippen molar-refractivity contribution in [1.29, 1.82) is 0 Å². The predicted molar refractivity (Wildman–Crippen MR) is 140 cm³/mol. The molecule has 0 radical (unpaired) electrons. The molecule has 0 aliphatic carbocycles. The van der Waals surface area contributed by atoms with Gasteiger partial charge in [-0.05, 0) is 52.5 Å². The van der Waals surface area contributed by atoms with Crippen LogP contribution in [0.5, 0.6) is 0 Å². The summed E-state index contributed by atoms with van der Waals surface area (Å²) in [6.45, 7) is 1.40. The Kier molecular flexibility index (Phi) is 6.77. The number of anilines is 1. The molecule has 2 aromatic carbocycles. The van der Waals surface area contributed by atoms with Gasteiger partial charge in [0.2, 0.25) is 5.91 Å². The second-order valence-electron chi connectivity index (χ2n) is 8.34. The number of carbonyl (C=O) groups is 1. The zero-order valence-electron chi connectivity index (χ0n) is 18.2. The first kappa shape index (κ1) is 23.1. The van der Waals surface area contributed by atoms with Gasteiger partial charge in [0.05, 0.1) is 22.8 Å². The van der Waals surface area contributed by atoms with Gasteiger partial charge in [-0.2, -0.15) is 9.61 Å². The van der Waals surface area contributed by atoms with Crippen LogP contribution in [0.25, 0.3) is 16.9 Å². The third-order valence-corrected chi connectivity index (χ3v) is 7.15. The number of aromatic nitrogens is 3. The quantitative estimate of drug-likeness (QED) is 0.321. The largest absolute Gasteiger partial charge is 0.367 e. The van der Waals surface area contributed by atoms with Gasteiger partial charge in [0.15, 0.2) is 5.65 Å². The molecule has 0 bridgehead atoms. The number of fused-ring (bicyclic) bond motifs is 1. The molecule has 9 heteroatoms. The molecule has 3 heterocycles. The van der Waals surface area contributed by atoms with E-state index in [-0.39, 0.29) is 11.9 Å². The van der Waals surface area contributed by atoms with Gasteiger partial charge in [-0.15, -0.1) is 0 Å². The number of nitrogens with one attached hydrogen (secondary N) is 1. The first-order valence-electron chi connectivity index (χ1n) is 11.1. The van der Waals surface area contributed by atoms with Crippen LogP contribution in [0.1, 0.15) is 18.4 Å². The zero-order valence-corrected chi connectivity index (χ0v) is 21.3. The molecule has 0 saturated carbocycles. The number of hydrogen-bond acceptors (Lipinski definition) is 4. The summed E-state index contributed by atoms with van der Waals surface area (Å²) in [7, 11) is 0. The standard InChI is InChI=1S/C25H22BrCl2N5O/c26-20-15-29-33-23(14-22(31-25(20)33)19-6-1-2-7-21(19)28)30-18-8-10-32(11-9-18)24(34)13-16-4-3-5-17(27)12-16/h1-7,12,14-15,18,30H,8-11,13H2. The van der Waals surface area contributed by atoms with E-state index < -0.39 is 0 Å². The van der Waals surface area contributed by atoms with Crippen LogP contribution in [0.2, 0.25) is 10.0 Å². The summed E-state index contributed by atoms with van der Waals surface area (Å²) in [5.41, 5.74) is 3.29. The fraction of sp³-hybridized carbons (Fsp3) is 0.240. The highest BCUT2D eigenvalue weighted by Crippen LogP contribution is 2.31. The van der Waals surface area contributed by atoms with Gasteiger partial charge >= 0.3 is 0 Å². The Labute approximate surface area is 216 Å². The second kappa shape index (κ2) is 9.94. The Hall–Kier alpha value is -2.61. The van der Waals surface area contributed by atoms with Gasteiger partial charge < -0.3 is 10.2 Å². The molecule has 1 saturated heterocycles. The Morgan fingerprint density at radius 2 is 1.88 bits per heavy atom. The Balaban J connectivity index is 1.30. The highest BCUT2D eigenvalue weighted by molar-refractivity contribution is 9.10. The fourth-order valence-corrected chi connectivity index (χ4v) is 5.06. The Bertz CT molecular complexity index is 1350. The topological polar surface area (TPSA) is 62.5 Å². The van der Waals surface area contributed by atoms with Crippen LogP contribution in [-0.4, -0.2) is 44.5 Å². The van der Waals surface area contributed by atoms with Gasteiger partial charge in [0.1, 0.15) is 5.82 Å². The molecule has 6 nitrogen and oxygen atoms in total. The van der Waals surface area contributed by atoms with Crippen molar-refractivity contribution < 1.29 is 4.79 Å². The molecule has 5 rings (SSSR count). The third-order valence-electron chi connectivity index (χ3n) is 6.02. The first-order valence-corrected chi connectivity index (χ1v) is 12.6. The fourth-order valence-electron chi connectivity index (χ4n) is 4.26. The van der Waals surface area contributed by atoms with E-state index in [1.165, 1.54) is 0 Å². The van der Waals surface area contributed by atoms with Crippen LogP contribution < -0.4 is 5.32 Å². The highest BCUT2D eigenvalue weighted by Gasteiger charge is 2.24. The normalized spacial score (nSPS) is 14.5. The second-order valence-corrected chi connectivity index (χ2v) is 10.0. The molecule has 174 valence electrons. The first-order chi connectivity index (χ1) is 16.5. The van der Waals surface area contributed by atoms with E-state index >= 15 is 0 Å². The van der Waals surface area contributed by atoms with Crippen molar-refractivity contribution >= 4 is 56.5 Å². The lowest BCUT2D eigenvalue weighted by Crippen LogP contribution is -2.43. The summed E-state index contributed by atoms with van der Waals surface area (Å²) in [6, 6.07) is 17.3. The SMILES string of the molecule is O=C(Cc1cccc(Cl)c1)N1CCC(Nc2cc(-c3ccccc3Cl)nc3c(Br)cnn23)CC1. The summed E-state index contributed by atoms with van der Waals surface area (Å²) in [5.74, 6) is 0.971. The molecule has 0 spiro atoms. The van der Waals surface area contributed by atoms with Crippen molar-refractivity contribution in [3.63, 3.8) is 0 Å². The summed E-state index contributed by atoms with van der Waals surface area (Å²) < 4.78 is 2.60. The summed E-state index contributed by atoms with van der Waals surface area (Å²) >= 11 is 16.0. The third kappa shape index (κ3) is 4.92. The van der Waals surface area contributed by atoms with E-state index in [0.29, 0.717) is 35.2 Å². The predicted octanol–water partition coefficient (Wildman–Crippen LogP) is 6.11. The molecule has 2 aromatic heterocycles. The number of benzene rings is 2. The van der Waals surface area contributed by atoms with Crippen molar-refractivity contribution in [2.24, 2.45) is 0 Å². The minimum atomic E-state index is 0.129. The molecule has 0 atom stereocenters. The lowest BCUT2D eigenvalue weighted by atomic mass is 10.0. The molecule has 1 fully saturated rings. The molecule has 1 amide bonds. The molecular formula is C25H22BrCl2N5O. The molecule has 1 aliphatic heterocycles. The molecule has 34 heavy (non-hydrogen) atoms. The van der Waals surface area contributed by atoms with Gasteiger partial charge in [0.25, 0.3) is 0 Å². The van der Waals surface area contributed by atoms with Gasteiger partial charge in [-0.3, -0.25) is 4.79 Å². The number of amides is 1. The summed E-state index contributed by atoms with van der Waals surface area (Å²) in [4.78, 5) is 19.5. The van der Waals surface area contributed by atoms with Crippen molar-refractivity contribution in [1.82, 2.24) is 19.5 Å². The number of nitrogens with zero attached hydrogens (tertiary/aromatic N) is 4. The highest BCUT2D eigenvalue weighted by atomic mass is 79.9. The zero-order chi connectivity index (χ0) is 23.7. The van der Waals surface area contributed by atoms with Crippen LogP contribution >= 0.6 is 39.1 Å². The van der Waals surface area contributed by atoms with E-state index in [2.05, 4.69) is 26.3 Å². The van der Waals surface area contributed by atoms with E-state index in [0.717, 1.165) is 40.0 Å². The van der Waals surface area contributed by atoms with Crippen molar-refractivity contribution in [2.45, 2.75) is 25.3 Å². The molecule has 1 aliphatic rings. The van der Waals surface area contributed by atoms with Crippen LogP contribution in [0.3, 0.4) is 0 Å². The van der Waals surface area contributed by atoms with Gasteiger partial charge in [0, 0.05) is 40.8 Å².